The highest BCUT2D eigenvalue weighted by Gasteiger charge is 2.47. The van der Waals surface area contributed by atoms with E-state index >= 15 is 0 Å². The summed E-state index contributed by atoms with van der Waals surface area (Å²) in [4.78, 5) is 24.8. The molecule has 0 bridgehead atoms. The van der Waals surface area contributed by atoms with E-state index < -0.39 is 11.5 Å². The number of nitrogens with one attached hydrogen (secondary N) is 1. The number of hydrogen-bond acceptors (Lipinski definition) is 4. The number of rotatable bonds is 4. The largest absolute Gasteiger partial charge is 0.496 e. The van der Waals surface area contributed by atoms with Crippen molar-refractivity contribution in [3.8, 4) is 5.75 Å². The lowest BCUT2D eigenvalue weighted by molar-refractivity contribution is -0.133. The normalized spacial score (nSPS) is 19.2. The van der Waals surface area contributed by atoms with Crippen LogP contribution in [0.3, 0.4) is 0 Å². The summed E-state index contributed by atoms with van der Waals surface area (Å²) in [6.07, 6.45) is -0.358. The van der Waals surface area contributed by atoms with Gasteiger partial charge in [-0.1, -0.05) is 28.1 Å². The fourth-order valence-corrected chi connectivity index (χ4v) is 3.05. The summed E-state index contributed by atoms with van der Waals surface area (Å²) in [5, 5.41) is 13.4. The summed E-state index contributed by atoms with van der Waals surface area (Å²) in [6.45, 7) is 0. The van der Waals surface area contributed by atoms with E-state index in [9.17, 15) is 14.7 Å². The summed E-state index contributed by atoms with van der Waals surface area (Å²) < 4.78 is 5.89. The molecule has 1 atom stereocenters. The van der Waals surface area contributed by atoms with Crippen molar-refractivity contribution in [1.82, 2.24) is 0 Å². The van der Waals surface area contributed by atoms with Gasteiger partial charge in [0.05, 0.1) is 19.1 Å². The highest BCUT2D eigenvalue weighted by molar-refractivity contribution is 9.10. The number of ether oxygens (including phenoxy) is 1. The number of hydrogen-bond donors (Lipinski definition) is 2. The average Bonchev–Trinajstić information content (AvgIpc) is 2.78. The van der Waals surface area contributed by atoms with E-state index in [1.165, 1.54) is 7.11 Å². The number of fused-ring (bicyclic) bond motifs is 1. The Kier molecular flexibility index (Phi) is 3.95. The van der Waals surface area contributed by atoms with Gasteiger partial charge in [-0.05, 0) is 30.3 Å². The van der Waals surface area contributed by atoms with Gasteiger partial charge < -0.3 is 15.2 Å². The van der Waals surface area contributed by atoms with Crippen LogP contribution < -0.4 is 10.1 Å². The summed E-state index contributed by atoms with van der Waals surface area (Å²) in [5.74, 6) is -0.559. The molecule has 0 saturated heterocycles. The molecule has 0 aromatic heterocycles. The molecule has 2 N–H and O–H groups in total. The van der Waals surface area contributed by atoms with Crippen LogP contribution in [-0.2, 0) is 10.4 Å². The molecule has 0 radical (unpaired) electrons. The van der Waals surface area contributed by atoms with Crippen LogP contribution in [0.5, 0.6) is 5.75 Å². The molecule has 6 heteroatoms. The van der Waals surface area contributed by atoms with Crippen LogP contribution in [0.2, 0.25) is 0 Å². The zero-order valence-corrected chi connectivity index (χ0v) is 13.9. The quantitative estimate of drug-likeness (QED) is 0.805. The third-order valence-corrected chi connectivity index (χ3v) is 4.37. The molecule has 0 unspecified atom stereocenters. The van der Waals surface area contributed by atoms with Crippen LogP contribution in [0.25, 0.3) is 0 Å². The number of ketones is 1. The molecule has 2 aromatic rings. The number of methoxy groups -OCH3 is 1. The highest BCUT2D eigenvalue weighted by atomic mass is 79.9. The first kappa shape index (κ1) is 15.7. The minimum absolute atomic E-state index is 0.333. The van der Waals surface area contributed by atoms with E-state index in [1.54, 1.807) is 42.5 Å². The van der Waals surface area contributed by atoms with Crippen molar-refractivity contribution < 1.29 is 19.4 Å². The number of para-hydroxylation sites is 1. The molecule has 1 aliphatic rings. The molecule has 0 saturated carbocycles. The molecule has 5 nitrogen and oxygen atoms in total. The molecule has 118 valence electrons. The lowest BCUT2D eigenvalue weighted by Gasteiger charge is -2.20. The predicted molar refractivity (Wildman–Crippen MR) is 88.6 cm³/mol. The van der Waals surface area contributed by atoms with Gasteiger partial charge in [-0.2, -0.15) is 0 Å². The predicted octanol–water partition coefficient (Wildman–Crippen LogP) is 2.87. The maximum absolute atomic E-state index is 12.6. The lowest BCUT2D eigenvalue weighted by Crippen LogP contribution is -2.36. The second-order valence-corrected chi connectivity index (χ2v) is 6.22. The van der Waals surface area contributed by atoms with E-state index in [-0.39, 0.29) is 12.2 Å². The van der Waals surface area contributed by atoms with Crippen molar-refractivity contribution in [2.75, 3.05) is 12.4 Å². The third-order valence-electron chi connectivity index (χ3n) is 3.87. The van der Waals surface area contributed by atoms with Crippen LogP contribution >= 0.6 is 15.9 Å². The van der Waals surface area contributed by atoms with Gasteiger partial charge in [-0.25, -0.2) is 0 Å². The number of carbonyl (C=O) groups is 2. The van der Waals surface area contributed by atoms with Gasteiger partial charge in [0.1, 0.15) is 5.75 Å². The molecule has 1 heterocycles. The fourth-order valence-electron chi connectivity index (χ4n) is 2.69. The third kappa shape index (κ3) is 2.64. The smallest absolute Gasteiger partial charge is 0.261 e. The van der Waals surface area contributed by atoms with Gasteiger partial charge in [-0.15, -0.1) is 0 Å². The Hall–Kier alpha value is -2.18. The van der Waals surface area contributed by atoms with Crippen molar-refractivity contribution in [2.24, 2.45) is 0 Å². The Morgan fingerprint density at radius 1 is 1.30 bits per heavy atom. The maximum Gasteiger partial charge on any atom is 0.261 e. The van der Waals surface area contributed by atoms with Crippen LogP contribution in [0.4, 0.5) is 5.69 Å². The fraction of sp³-hybridized carbons (Fsp3) is 0.176. The molecule has 0 spiro atoms. The number of benzene rings is 2. The molecular formula is C17H14BrNO4. The van der Waals surface area contributed by atoms with Crippen molar-refractivity contribution in [1.29, 1.82) is 0 Å². The first-order valence-corrected chi connectivity index (χ1v) is 7.75. The number of halogens is 1. The van der Waals surface area contributed by atoms with Crippen LogP contribution in [0, 0.1) is 0 Å². The lowest BCUT2D eigenvalue weighted by atomic mass is 9.88. The zero-order valence-electron chi connectivity index (χ0n) is 12.3. The van der Waals surface area contributed by atoms with Crippen LogP contribution in [-0.4, -0.2) is 23.9 Å². The Bertz CT molecular complexity index is 805. The number of carbonyl (C=O) groups excluding carboxylic acids is 2. The van der Waals surface area contributed by atoms with Gasteiger partial charge in [0, 0.05) is 15.7 Å². The molecular weight excluding hydrogens is 362 g/mol. The Morgan fingerprint density at radius 2 is 2.04 bits per heavy atom. The van der Waals surface area contributed by atoms with E-state index in [1.807, 2.05) is 0 Å². The molecule has 0 fully saturated rings. The molecule has 0 aliphatic carbocycles. The standard InChI is InChI=1S/C17H14BrNO4/c1-23-15-5-3-2-4-11(15)14(20)9-17(22)12-8-10(18)6-7-13(12)19-16(17)21/h2-8,22H,9H2,1H3,(H,19,21)/t17-/m0/s1. The highest BCUT2D eigenvalue weighted by Crippen LogP contribution is 2.40. The maximum atomic E-state index is 12.6. The van der Waals surface area contributed by atoms with Gasteiger partial charge >= 0.3 is 0 Å². The van der Waals surface area contributed by atoms with Gasteiger partial charge in [-0.3, -0.25) is 9.59 Å². The summed E-state index contributed by atoms with van der Waals surface area (Å²) in [6, 6.07) is 11.8. The molecule has 23 heavy (non-hydrogen) atoms. The van der Waals surface area contributed by atoms with Crippen molar-refractivity contribution in [2.45, 2.75) is 12.0 Å². The summed E-state index contributed by atoms with van der Waals surface area (Å²) in [5.41, 5.74) is -0.662. The molecule has 1 amide bonds. The van der Waals surface area contributed by atoms with Crippen molar-refractivity contribution in [3.05, 3.63) is 58.1 Å². The topological polar surface area (TPSA) is 75.6 Å². The Labute approximate surface area is 141 Å². The van der Waals surface area contributed by atoms with Gasteiger partial charge in [0.25, 0.3) is 5.91 Å². The van der Waals surface area contributed by atoms with Gasteiger partial charge in [0.15, 0.2) is 11.4 Å². The summed E-state index contributed by atoms with van der Waals surface area (Å²) >= 11 is 3.32. The first-order valence-electron chi connectivity index (χ1n) is 6.96. The second-order valence-electron chi connectivity index (χ2n) is 5.30. The second kappa shape index (κ2) is 5.79. The van der Waals surface area contributed by atoms with Crippen LogP contribution in [0.15, 0.2) is 46.9 Å². The number of aliphatic hydroxyl groups is 1. The van der Waals surface area contributed by atoms with E-state index in [4.69, 9.17) is 4.74 Å². The van der Waals surface area contributed by atoms with E-state index in [2.05, 4.69) is 21.2 Å². The number of amides is 1. The number of anilines is 1. The zero-order chi connectivity index (χ0) is 16.6. The molecule has 3 rings (SSSR count). The minimum atomic E-state index is -1.89. The SMILES string of the molecule is COc1ccccc1C(=O)C[C@@]1(O)C(=O)Nc2ccc(Br)cc21. The molecule has 2 aromatic carbocycles. The first-order chi connectivity index (χ1) is 11.0. The van der Waals surface area contributed by atoms with E-state index in [0.29, 0.717) is 22.6 Å². The van der Waals surface area contributed by atoms with Crippen molar-refractivity contribution >= 4 is 33.3 Å². The van der Waals surface area contributed by atoms with Crippen LogP contribution in [0.1, 0.15) is 22.3 Å². The van der Waals surface area contributed by atoms with Crippen molar-refractivity contribution in [3.63, 3.8) is 0 Å². The summed E-state index contributed by atoms with van der Waals surface area (Å²) in [7, 11) is 1.47. The Balaban J connectivity index is 1.98. The van der Waals surface area contributed by atoms with Gasteiger partial charge in [0.2, 0.25) is 0 Å². The number of Topliss-reactive ketones (excluding diaryl/α,β-unsaturated/α-hetero) is 1. The minimum Gasteiger partial charge on any atom is -0.496 e. The van der Waals surface area contributed by atoms with E-state index in [0.717, 1.165) is 4.47 Å². The molecule has 1 aliphatic heterocycles. The Morgan fingerprint density at radius 3 is 2.78 bits per heavy atom. The average molecular weight is 376 g/mol. The monoisotopic (exact) mass is 375 g/mol.